The van der Waals surface area contributed by atoms with Crippen LogP contribution in [-0.2, 0) is 14.8 Å². The Morgan fingerprint density at radius 1 is 0.946 bits per heavy atom. The molecule has 3 heterocycles. The molecular formula is C24H27N7O5S. The number of nitrogens with one attached hydrogen (secondary N) is 1. The van der Waals surface area contributed by atoms with E-state index < -0.39 is 21.4 Å². The third-order valence-corrected chi connectivity index (χ3v) is 7.31. The molecule has 0 fully saturated rings. The Morgan fingerprint density at radius 3 is 2.27 bits per heavy atom. The maximum absolute atomic E-state index is 13.5. The Bertz CT molecular complexity index is 1460. The van der Waals surface area contributed by atoms with Crippen LogP contribution in [0.15, 0.2) is 54.9 Å². The minimum Gasteiger partial charge on any atom is -0.497 e. The number of rotatable bonds is 10. The number of aryl methyl sites for hydroxylation is 1. The first kappa shape index (κ1) is 26.0. The largest absolute Gasteiger partial charge is 0.497 e. The number of hydrogen-bond donors (Lipinski definition) is 1. The lowest BCUT2D eigenvalue weighted by Crippen LogP contribution is -2.33. The van der Waals surface area contributed by atoms with Gasteiger partial charge in [0.2, 0.25) is 21.9 Å². The molecule has 0 radical (unpaired) electrons. The summed E-state index contributed by atoms with van der Waals surface area (Å²) in [5.41, 5.74) is 1.86. The summed E-state index contributed by atoms with van der Waals surface area (Å²) in [6.07, 6.45) is 2.29. The predicted octanol–water partition coefficient (Wildman–Crippen LogP) is 2.96. The van der Waals surface area contributed by atoms with E-state index in [1.807, 2.05) is 6.92 Å². The summed E-state index contributed by atoms with van der Waals surface area (Å²) in [5, 5.41) is 7.31. The standard InChI is InChI=1S/C24H27N7O5S/c1-15-13-25-22(26-14-15)21(36-5)16(2)37(32,33)30-24-29-28-23(19-7-6-8-20(27-19)35-4)31(24)17-9-11-18(34-3)12-10-17/h6-14,16,21H,1-5H3,(H,29,30)/t16-,21-/m0/s1. The number of anilines is 1. The van der Waals surface area contributed by atoms with Crippen molar-refractivity contribution in [2.45, 2.75) is 25.2 Å². The fraction of sp³-hybridized carbons (Fsp3) is 0.292. The van der Waals surface area contributed by atoms with Crippen molar-refractivity contribution in [3.05, 3.63) is 66.2 Å². The van der Waals surface area contributed by atoms with E-state index in [-0.39, 0.29) is 11.8 Å². The zero-order valence-corrected chi connectivity index (χ0v) is 21.8. The molecule has 1 N–H and O–H groups in total. The topological polar surface area (TPSA) is 143 Å². The van der Waals surface area contributed by atoms with E-state index in [2.05, 4.69) is 29.9 Å². The number of nitrogens with zero attached hydrogens (tertiary/aromatic N) is 6. The second kappa shape index (κ2) is 10.9. The van der Waals surface area contributed by atoms with Gasteiger partial charge in [-0.05, 0) is 49.7 Å². The van der Waals surface area contributed by atoms with Crippen molar-refractivity contribution >= 4 is 16.0 Å². The third kappa shape index (κ3) is 5.52. The van der Waals surface area contributed by atoms with Crippen LogP contribution < -0.4 is 14.2 Å². The summed E-state index contributed by atoms with van der Waals surface area (Å²) in [5.74, 6) is 1.54. The second-order valence-electron chi connectivity index (χ2n) is 8.07. The van der Waals surface area contributed by atoms with Crippen LogP contribution in [0.5, 0.6) is 11.6 Å². The van der Waals surface area contributed by atoms with E-state index in [1.54, 1.807) is 66.5 Å². The lowest BCUT2D eigenvalue weighted by atomic mass is 10.2. The normalized spacial score (nSPS) is 13.1. The SMILES string of the molecule is COc1ccc(-n2c(NS(=O)(=O)[C@@H](C)[C@H](OC)c3ncc(C)cn3)nnc2-c2cccc(OC)n2)cc1. The van der Waals surface area contributed by atoms with E-state index >= 15 is 0 Å². The summed E-state index contributed by atoms with van der Waals surface area (Å²) in [6, 6.07) is 12.2. The average molecular weight is 526 g/mol. The molecule has 0 aliphatic heterocycles. The van der Waals surface area contributed by atoms with E-state index in [1.165, 1.54) is 21.1 Å². The van der Waals surface area contributed by atoms with Gasteiger partial charge in [-0.15, -0.1) is 10.2 Å². The van der Waals surface area contributed by atoms with E-state index in [4.69, 9.17) is 14.2 Å². The van der Waals surface area contributed by atoms with Crippen molar-refractivity contribution in [3.63, 3.8) is 0 Å². The number of sulfonamides is 1. The molecule has 37 heavy (non-hydrogen) atoms. The van der Waals surface area contributed by atoms with Crippen molar-refractivity contribution < 1.29 is 22.6 Å². The van der Waals surface area contributed by atoms with Gasteiger partial charge in [0, 0.05) is 25.6 Å². The Labute approximate surface area is 214 Å². The predicted molar refractivity (Wildman–Crippen MR) is 136 cm³/mol. The van der Waals surface area contributed by atoms with Crippen LogP contribution in [0.3, 0.4) is 0 Å². The van der Waals surface area contributed by atoms with Crippen LogP contribution in [0.25, 0.3) is 17.2 Å². The molecule has 0 aliphatic carbocycles. The maximum atomic E-state index is 13.5. The highest BCUT2D eigenvalue weighted by Crippen LogP contribution is 2.29. The zero-order valence-electron chi connectivity index (χ0n) is 21.0. The summed E-state index contributed by atoms with van der Waals surface area (Å²) < 4.78 is 47.1. The number of hydrogen-bond acceptors (Lipinski definition) is 10. The molecule has 0 saturated carbocycles. The van der Waals surface area contributed by atoms with Gasteiger partial charge in [-0.25, -0.2) is 23.4 Å². The molecular weight excluding hydrogens is 498 g/mol. The Balaban J connectivity index is 1.76. The summed E-state index contributed by atoms with van der Waals surface area (Å²) in [7, 11) is 0.418. The van der Waals surface area contributed by atoms with Gasteiger partial charge in [0.25, 0.3) is 0 Å². The molecule has 2 atom stereocenters. The molecule has 0 bridgehead atoms. The third-order valence-electron chi connectivity index (χ3n) is 5.61. The molecule has 1 aromatic carbocycles. The number of aromatic nitrogens is 6. The fourth-order valence-corrected chi connectivity index (χ4v) is 4.72. The van der Waals surface area contributed by atoms with E-state index in [9.17, 15) is 8.42 Å². The molecule has 0 aliphatic rings. The second-order valence-corrected chi connectivity index (χ2v) is 10.1. The van der Waals surface area contributed by atoms with Gasteiger partial charge in [-0.3, -0.25) is 9.29 Å². The molecule has 12 nitrogen and oxygen atoms in total. The van der Waals surface area contributed by atoms with Crippen LogP contribution in [0, 0.1) is 6.92 Å². The van der Waals surface area contributed by atoms with Gasteiger partial charge in [-0.2, -0.15) is 0 Å². The highest BCUT2D eigenvalue weighted by Gasteiger charge is 2.34. The van der Waals surface area contributed by atoms with Crippen molar-refractivity contribution in [2.75, 3.05) is 26.1 Å². The molecule has 0 amide bonds. The zero-order chi connectivity index (χ0) is 26.6. The minimum atomic E-state index is -4.06. The van der Waals surface area contributed by atoms with Crippen molar-refractivity contribution in [3.8, 4) is 28.8 Å². The molecule has 4 aromatic rings. The van der Waals surface area contributed by atoms with Gasteiger partial charge in [0.05, 0.1) is 19.9 Å². The average Bonchev–Trinajstić information content (AvgIpc) is 3.32. The number of ether oxygens (including phenoxy) is 3. The van der Waals surface area contributed by atoms with Crippen molar-refractivity contribution in [2.24, 2.45) is 0 Å². The Morgan fingerprint density at radius 2 is 1.65 bits per heavy atom. The van der Waals surface area contributed by atoms with Crippen LogP contribution in [0.2, 0.25) is 0 Å². The van der Waals surface area contributed by atoms with E-state index in [0.29, 0.717) is 28.8 Å². The van der Waals surface area contributed by atoms with Crippen LogP contribution in [-0.4, -0.2) is 64.7 Å². The van der Waals surface area contributed by atoms with Crippen LogP contribution in [0.4, 0.5) is 5.95 Å². The summed E-state index contributed by atoms with van der Waals surface area (Å²) >= 11 is 0. The number of methoxy groups -OCH3 is 3. The lowest BCUT2D eigenvalue weighted by molar-refractivity contribution is 0.0949. The van der Waals surface area contributed by atoms with Crippen molar-refractivity contribution in [1.82, 2.24) is 29.7 Å². The smallest absolute Gasteiger partial charge is 0.243 e. The van der Waals surface area contributed by atoms with Gasteiger partial charge in [-0.1, -0.05) is 6.07 Å². The van der Waals surface area contributed by atoms with Gasteiger partial charge >= 0.3 is 0 Å². The summed E-state index contributed by atoms with van der Waals surface area (Å²) in [4.78, 5) is 12.9. The lowest BCUT2D eigenvalue weighted by Gasteiger charge is -2.22. The summed E-state index contributed by atoms with van der Waals surface area (Å²) in [6.45, 7) is 3.35. The molecule has 0 unspecified atom stereocenters. The molecule has 3 aromatic heterocycles. The monoisotopic (exact) mass is 525 g/mol. The molecule has 0 saturated heterocycles. The number of benzene rings is 1. The minimum absolute atomic E-state index is 0.0312. The molecule has 0 spiro atoms. The van der Waals surface area contributed by atoms with Gasteiger partial charge < -0.3 is 14.2 Å². The maximum Gasteiger partial charge on any atom is 0.243 e. The number of pyridine rings is 1. The van der Waals surface area contributed by atoms with E-state index in [0.717, 1.165) is 5.56 Å². The van der Waals surface area contributed by atoms with Gasteiger partial charge in [0.15, 0.2) is 11.6 Å². The van der Waals surface area contributed by atoms with Crippen LogP contribution in [0.1, 0.15) is 24.4 Å². The van der Waals surface area contributed by atoms with Crippen LogP contribution >= 0.6 is 0 Å². The molecule has 194 valence electrons. The van der Waals surface area contributed by atoms with Gasteiger partial charge in [0.1, 0.15) is 22.8 Å². The fourth-order valence-electron chi connectivity index (χ4n) is 3.58. The quantitative estimate of drug-likeness (QED) is 0.328. The molecule has 4 rings (SSSR count). The first-order valence-electron chi connectivity index (χ1n) is 11.2. The first-order valence-corrected chi connectivity index (χ1v) is 12.8. The van der Waals surface area contributed by atoms with Crippen molar-refractivity contribution in [1.29, 1.82) is 0 Å². The highest BCUT2D eigenvalue weighted by atomic mass is 32.2. The first-order chi connectivity index (χ1) is 17.8. The Hall–Kier alpha value is -4.10. The molecule has 13 heteroatoms. The Kier molecular flexibility index (Phi) is 7.64. The highest BCUT2D eigenvalue weighted by molar-refractivity contribution is 7.93.